The molecule has 112 valence electrons. The normalized spacial score (nSPS) is 22.2. The van der Waals surface area contributed by atoms with Crippen LogP contribution in [0, 0.1) is 5.92 Å². The lowest BCUT2D eigenvalue weighted by molar-refractivity contribution is 0.327. The van der Waals surface area contributed by atoms with E-state index in [1.54, 1.807) is 0 Å². The predicted octanol–water partition coefficient (Wildman–Crippen LogP) is 3.62. The largest absolute Gasteiger partial charge is 0.311 e. The minimum absolute atomic E-state index is 0.660. The molecule has 0 bridgehead atoms. The zero-order chi connectivity index (χ0) is 13.6. The van der Waals surface area contributed by atoms with Crippen molar-refractivity contribution >= 4 is 11.8 Å². The highest BCUT2D eigenvalue weighted by atomic mass is 32.2. The predicted molar refractivity (Wildman–Crippen MR) is 86.1 cm³/mol. The highest BCUT2D eigenvalue weighted by Gasteiger charge is 2.16. The van der Waals surface area contributed by atoms with Crippen LogP contribution < -0.4 is 5.32 Å². The van der Waals surface area contributed by atoms with Crippen molar-refractivity contribution in [1.29, 1.82) is 0 Å². The Kier molecular flexibility index (Phi) is 5.43. The van der Waals surface area contributed by atoms with Gasteiger partial charge in [-0.1, -0.05) is 19.3 Å². The Morgan fingerprint density at radius 2 is 1.95 bits per heavy atom. The second-order valence-corrected chi connectivity index (χ2v) is 7.49. The molecule has 0 radical (unpaired) electrons. The standard InChI is InChI=1S/C16H27N3S/c1-2-4-16(5-3-1)19-9-6-15(18-19)13-17-12-14-7-10-20-11-8-14/h6,9,14,16-17H,1-5,7-8,10-13H2. The first-order valence-corrected chi connectivity index (χ1v) is 9.40. The number of hydrogen-bond acceptors (Lipinski definition) is 3. The molecule has 1 aliphatic heterocycles. The van der Waals surface area contributed by atoms with E-state index >= 15 is 0 Å². The molecule has 2 fully saturated rings. The van der Waals surface area contributed by atoms with Gasteiger partial charge in [0.2, 0.25) is 0 Å². The fourth-order valence-corrected chi connectivity index (χ4v) is 4.58. The second-order valence-electron chi connectivity index (χ2n) is 6.27. The van der Waals surface area contributed by atoms with Crippen LogP contribution in [0.5, 0.6) is 0 Å². The Labute approximate surface area is 126 Å². The van der Waals surface area contributed by atoms with E-state index in [9.17, 15) is 0 Å². The maximum absolute atomic E-state index is 4.77. The van der Waals surface area contributed by atoms with Crippen LogP contribution in [0.15, 0.2) is 12.3 Å². The summed E-state index contributed by atoms with van der Waals surface area (Å²) in [5.41, 5.74) is 1.21. The Hall–Kier alpha value is -0.480. The van der Waals surface area contributed by atoms with Crippen LogP contribution in [0.2, 0.25) is 0 Å². The van der Waals surface area contributed by atoms with Gasteiger partial charge in [-0.2, -0.15) is 16.9 Å². The SMILES string of the molecule is c1cn(C2CCCCC2)nc1CNCC1CCSCC1. The van der Waals surface area contributed by atoms with Crippen LogP contribution in [-0.2, 0) is 6.54 Å². The second kappa shape index (κ2) is 7.51. The van der Waals surface area contributed by atoms with Gasteiger partial charge in [-0.3, -0.25) is 4.68 Å². The van der Waals surface area contributed by atoms with Crippen molar-refractivity contribution in [2.75, 3.05) is 18.1 Å². The van der Waals surface area contributed by atoms with Gasteiger partial charge in [-0.05, 0) is 55.7 Å². The number of nitrogens with one attached hydrogen (secondary N) is 1. The highest BCUT2D eigenvalue weighted by Crippen LogP contribution is 2.27. The number of aromatic nitrogens is 2. The molecule has 0 amide bonds. The average molecular weight is 293 g/mol. The summed E-state index contributed by atoms with van der Waals surface area (Å²) in [5, 5.41) is 8.37. The molecule has 0 spiro atoms. The van der Waals surface area contributed by atoms with Crippen LogP contribution in [0.25, 0.3) is 0 Å². The summed E-state index contributed by atoms with van der Waals surface area (Å²) >= 11 is 2.10. The van der Waals surface area contributed by atoms with E-state index in [1.807, 2.05) is 0 Å². The zero-order valence-corrected chi connectivity index (χ0v) is 13.2. The third-order valence-electron chi connectivity index (χ3n) is 4.69. The molecule has 20 heavy (non-hydrogen) atoms. The van der Waals surface area contributed by atoms with Gasteiger partial charge >= 0.3 is 0 Å². The van der Waals surface area contributed by atoms with E-state index in [-0.39, 0.29) is 0 Å². The Balaban J connectivity index is 1.42. The van der Waals surface area contributed by atoms with Crippen molar-refractivity contribution in [3.63, 3.8) is 0 Å². The van der Waals surface area contributed by atoms with Crippen LogP contribution in [0.1, 0.15) is 56.7 Å². The number of hydrogen-bond donors (Lipinski definition) is 1. The van der Waals surface area contributed by atoms with Gasteiger partial charge in [0.05, 0.1) is 11.7 Å². The fourth-order valence-electron chi connectivity index (χ4n) is 3.38. The quantitative estimate of drug-likeness (QED) is 0.899. The van der Waals surface area contributed by atoms with Crippen molar-refractivity contribution in [3.8, 4) is 0 Å². The molecule has 2 aliphatic rings. The van der Waals surface area contributed by atoms with E-state index < -0.39 is 0 Å². The van der Waals surface area contributed by atoms with Gasteiger partial charge < -0.3 is 5.32 Å². The average Bonchev–Trinajstić information content (AvgIpc) is 2.98. The molecule has 1 saturated carbocycles. The van der Waals surface area contributed by atoms with Crippen molar-refractivity contribution in [2.24, 2.45) is 5.92 Å². The molecule has 1 aromatic heterocycles. The van der Waals surface area contributed by atoms with Gasteiger partial charge in [0.1, 0.15) is 0 Å². The lowest BCUT2D eigenvalue weighted by Gasteiger charge is -2.22. The van der Waals surface area contributed by atoms with Gasteiger partial charge in [-0.15, -0.1) is 0 Å². The Morgan fingerprint density at radius 1 is 1.15 bits per heavy atom. The van der Waals surface area contributed by atoms with Crippen LogP contribution >= 0.6 is 11.8 Å². The van der Waals surface area contributed by atoms with Gasteiger partial charge in [0.25, 0.3) is 0 Å². The minimum atomic E-state index is 0.660. The zero-order valence-electron chi connectivity index (χ0n) is 12.4. The lowest BCUT2D eigenvalue weighted by Crippen LogP contribution is -2.25. The molecule has 0 unspecified atom stereocenters. The highest BCUT2D eigenvalue weighted by molar-refractivity contribution is 7.99. The molecular weight excluding hydrogens is 266 g/mol. The molecule has 2 heterocycles. The maximum Gasteiger partial charge on any atom is 0.0762 e. The number of thioether (sulfide) groups is 1. The molecule has 1 N–H and O–H groups in total. The molecule has 3 nitrogen and oxygen atoms in total. The molecule has 4 heteroatoms. The smallest absolute Gasteiger partial charge is 0.0762 e. The fraction of sp³-hybridized carbons (Fsp3) is 0.812. The number of rotatable bonds is 5. The number of nitrogens with zero attached hydrogens (tertiary/aromatic N) is 2. The summed E-state index contributed by atoms with van der Waals surface area (Å²) in [4.78, 5) is 0. The summed E-state index contributed by atoms with van der Waals surface area (Å²) in [6.07, 6.45) is 11.7. The molecular formula is C16H27N3S. The van der Waals surface area contributed by atoms with E-state index in [1.165, 1.54) is 62.1 Å². The van der Waals surface area contributed by atoms with Crippen molar-refractivity contribution in [1.82, 2.24) is 15.1 Å². The van der Waals surface area contributed by atoms with Crippen LogP contribution in [-0.4, -0.2) is 27.8 Å². The Bertz CT molecular complexity index is 392. The van der Waals surface area contributed by atoms with Crippen LogP contribution in [0.4, 0.5) is 0 Å². The molecule has 0 atom stereocenters. The van der Waals surface area contributed by atoms with E-state index in [0.717, 1.165) is 19.0 Å². The first-order chi connectivity index (χ1) is 9.92. The van der Waals surface area contributed by atoms with Gasteiger partial charge in [-0.25, -0.2) is 0 Å². The monoisotopic (exact) mass is 293 g/mol. The minimum Gasteiger partial charge on any atom is -0.311 e. The summed E-state index contributed by atoms with van der Waals surface area (Å²) in [7, 11) is 0. The third-order valence-corrected chi connectivity index (χ3v) is 5.74. The molecule has 1 aliphatic carbocycles. The molecule has 3 rings (SSSR count). The first-order valence-electron chi connectivity index (χ1n) is 8.24. The summed E-state index contributed by atoms with van der Waals surface area (Å²) in [5.74, 6) is 3.59. The summed E-state index contributed by atoms with van der Waals surface area (Å²) < 4.78 is 2.22. The lowest BCUT2D eigenvalue weighted by atomic mass is 9.96. The van der Waals surface area contributed by atoms with E-state index in [2.05, 4.69) is 34.0 Å². The topological polar surface area (TPSA) is 29.9 Å². The molecule has 1 aromatic rings. The molecule has 0 aromatic carbocycles. The summed E-state index contributed by atoms with van der Waals surface area (Å²) in [6, 6.07) is 2.85. The van der Waals surface area contributed by atoms with Gasteiger partial charge in [0, 0.05) is 12.7 Å². The van der Waals surface area contributed by atoms with Crippen molar-refractivity contribution in [3.05, 3.63) is 18.0 Å². The molecule has 1 saturated heterocycles. The van der Waals surface area contributed by atoms with E-state index in [4.69, 9.17) is 5.10 Å². The van der Waals surface area contributed by atoms with Crippen LogP contribution in [0.3, 0.4) is 0 Å². The maximum atomic E-state index is 4.77. The van der Waals surface area contributed by atoms with Gasteiger partial charge in [0.15, 0.2) is 0 Å². The van der Waals surface area contributed by atoms with Crippen molar-refractivity contribution in [2.45, 2.75) is 57.5 Å². The summed E-state index contributed by atoms with van der Waals surface area (Å²) in [6.45, 7) is 2.10. The van der Waals surface area contributed by atoms with E-state index in [0.29, 0.717) is 6.04 Å². The first kappa shape index (κ1) is 14.5. The van der Waals surface area contributed by atoms with Crippen molar-refractivity contribution < 1.29 is 0 Å². The third kappa shape index (κ3) is 4.01. The Morgan fingerprint density at radius 3 is 2.75 bits per heavy atom.